The van der Waals surface area contributed by atoms with Gasteiger partial charge in [-0.3, -0.25) is 24.0 Å². The van der Waals surface area contributed by atoms with Crippen LogP contribution in [0.2, 0.25) is 0 Å². The molecule has 2 aliphatic rings. The molecule has 0 saturated carbocycles. The summed E-state index contributed by atoms with van der Waals surface area (Å²) in [6, 6.07) is -0.817. The zero-order chi connectivity index (χ0) is 20.6. The Balaban J connectivity index is 1.68. The molecule has 2 atom stereocenters. The molecule has 2 amide bonds. The van der Waals surface area contributed by atoms with Crippen molar-refractivity contribution in [3.8, 4) is 0 Å². The molecular formula is C16H17BrN4O6S. The van der Waals surface area contributed by atoms with Gasteiger partial charge < -0.3 is 15.2 Å². The number of hydrogen-bond donors (Lipinski definition) is 2. The quantitative estimate of drug-likeness (QED) is 0.445. The second-order valence-corrected chi connectivity index (χ2v) is 8.21. The van der Waals surface area contributed by atoms with E-state index in [1.54, 1.807) is 13.1 Å². The molecule has 2 aliphatic heterocycles. The number of nitrogens with zero attached hydrogens (tertiary/aromatic N) is 3. The van der Waals surface area contributed by atoms with Gasteiger partial charge in [0.15, 0.2) is 0 Å². The van der Waals surface area contributed by atoms with E-state index in [1.807, 2.05) is 0 Å². The summed E-state index contributed by atoms with van der Waals surface area (Å²) >= 11 is 4.62. The lowest BCUT2D eigenvalue weighted by Gasteiger charge is -2.49. The Labute approximate surface area is 172 Å². The normalized spacial score (nSPS) is 21.1. The van der Waals surface area contributed by atoms with E-state index in [0.29, 0.717) is 5.57 Å². The van der Waals surface area contributed by atoms with Crippen LogP contribution in [0.5, 0.6) is 0 Å². The van der Waals surface area contributed by atoms with E-state index in [-0.39, 0.29) is 24.6 Å². The maximum atomic E-state index is 12.5. The molecule has 3 heterocycles. The van der Waals surface area contributed by atoms with Gasteiger partial charge in [0, 0.05) is 24.4 Å². The Hall–Kier alpha value is -2.34. The molecule has 0 aromatic carbocycles. The number of nitrogens with one attached hydrogen (secondary N) is 1. The molecular weight excluding hydrogens is 456 g/mol. The highest BCUT2D eigenvalue weighted by molar-refractivity contribution is 9.10. The van der Waals surface area contributed by atoms with Crippen LogP contribution in [-0.2, 0) is 30.5 Å². The van der Waals surface area contributed by atoms with Gasteiger partial charge in [0.2, 0.25) is 5.91 Å². The number of amides is 2. The van der Waals surface area contributed by atoms with Crippen molar-refractivity contribution < 1.29 is 29.0 Å². The van der Waals surface area contributed by atoms with Crippen LogP contribution in [0.3, 0.4) is 0 Å². The van der Waals surface area contributed by atoms with Crippen molar-refractivity contribution in [1.29, 1.82) is 0 Å². The molecule has 150 valence electrons. The van der Waals surface area contributed by atoms with E-state index >= 15 is 0 Å². The Morgan fingerprint density at radius 1 is 1.46 bits per heavy atom. The number of halogens is 1. The summed E-state index contributed by atoms with van der Waals surface area (Å²) < 4.78 is 7.10. The summed E-state index contributed by atoms with van der Waals surface area (Å²) in [5.74, 6) is -2.45. The molecule has 0 bridgehead atoms. The molecule has 1 aromatic heterocycles. The van der Waals surface area contributed by atoms with Gasteiger partial charge in [0.1, 0.15) is 30.3 Å². The summed E-state index contributed by atoms with van der Waals surface area (Å²) in [4.78, 5) is 48.5. The molecule has 1 saturated heterocycles. The van der Waals surface area contributed by atoms with Crippen LogP contribution in [0, 0.1) is 6.92 Å². The van der Waals surface area contributed by atoms with Crippen LogP contribution in [-0.4, -0.2) is 67.3 Å². The second kappa shape index (κ2) is 7.95. The fourth-order valence-corrected chi connectivity index (χ4v) is 4.57. The van der Waals surface area contributed by atoms with Gasteiger partial charge in [-0.15, -0.1) is 11.8 Å². The van der Waals surface area contributed by atoms with Crippen LogP contribution in [0.1, 0.15) is 12.6 Å². The van der Waals surface area contributed by atoms with E-state index in [2.05, 4.69) is 26.3 Å². The summed E-state index contributed by atoms with van der Waals surface area (Å²) in [7, 11) is 0. The number of thioether (sulfide) groups is 1. The molecule has 10 nitrogen and oxygen atoms in total. The number of rotatable bonds is 6. The summed E-state index contributed by atoms with van der Waals surface area (Å²) in [6.07, 6.45) is 1.66. The SMILES string of the molecule is CC(=O)OCC1=C(C(=O)O)N2C(=O)[C@@H](NC(=O)Cn3cc(Br)c(C)n3)[C@H]2SC1. The maximum Gasteiger partial charge on any atom is 0.352 e. The number of aromatic nitrogens is 2. The number of carboxylic acid groups (broad SMARTS) is 1. The number of aryl methyl sites for hydroxylation is 1. The number of carbonyl (C=O) groups is 4. The molecule has 12 heteroatoms. The molecule has 0 spiro atoms. The molecule has 28 heavy (non-hydrogen) atoms. The van der Waals surface area contributed by atoms with Crippen molar-refractivity contribution in [2.75, 3.05) is 12.4 Å². The van der Waals surface area contributed by atoms with Gasteiger partial charge in [-0.1, -0.05) is 0 Å². The molecule has 2 N–H and O–H groups in total. The summed E-state index contributed by atoms with van der Waals surface area (Å²) in [6.45, 7) is 2.76. The predicted molar refractivity (Wildman–Crippen MR) is 101 cm³/mol. The van der Waals surface area contributed by atoms with Gasteiger partial charge >= 0.3 is 11.9 Å². The third-order valence-electron chi connectivity index (χ3n) is 4.21. The second-order valence-electron chi connectivity index (χ2n) is 6.25. The topological polar surface area (TPSA) is 131 Å². The standard InChI is InChI=1S/C16H17BrN4O6S/c1-7-10(17)3-20(19-7)4-11(23)18-12-14(24)21-13(16(25)26)9(5-27-8(2)22)6-28-15(12)21/h3,12,15H,4-6H2,1-2H3,(H,18,23)(H,25,26)/t12-,15-/m1/s1. The Morgan fingerprint density at radius 3 is 2.75 bits per heavy atom. The lowest BCUT2D eigenvalue weighted by atomic mass is 10.0. The Kier molecular flexibility index (Phi) is 5.79. The van der Waals surface area contributed by atoms with Crippen LogP contribution >= 0.6 is 27.7 Å². The minimum absolute atomic E-state index is 0.0626. The van der Waals surface area contributed by atoms with Gasteiger partial charge in [0.05, 0.1) is 10.2 Å². The summed E-state index contributed by atoms with van der Waals surface area (Å²) in [5, 5.41) is 15.8. The van der Waals surface area contributed by atoms with Crippen molar-refractivity contribution in [1.82, 2.24) is 20.0 Å². The number of esters is 1. The van der Waals surface area contributed by atoms with E-state index in [1.165, 1.54) is 23.4 Å². The molecule has 0 unspecified atom stereocenters. The Bertz CT molecular complexity index is 878. The zero-order valence-corrected chi connectivity index (χ0v) is 17.4. The first-order valence-corrected chi connectivity index (χ1v) is 10.1. The average Bonchev–Trinajstić information content (AvgIpc) is 2.93. The number of β-lactam (4-membered cyclic amide) rings is 1. The van der Waals surface area contributed by atoms with Gasteiger partial charge in [-0.25, -0.2) is 4.79 Å². The lowest BCUT2D eigenvalue weighted by Crippen LogP contribution is -2.70. The van der Waals surface area contributed by atoms with Crippen LogP contribution in [0.15, 0.2) is 21.9 Å². The molecule has 3 rings (SSSR count). The van der Waals surface area contributed by atoms with Crippen molar-refractivity contribution in [2.24, 2.45) is 0 Å². The largest absolute Gasteiger partial charge is 0.477 e. The van der Waals surface area contributed by atoms with E-state index < -0.39 is 35.2 Å². The van der Waals surface area contributed by atoms with Crippen LogP contribution < -0.4 is 5.32 Å². The monoisotopic (exact) mass is 472 g/mol. The van der Waals surface area contributed by atoms with E-state index in [0.717, 1.165) is 15.1 Å². The van der Waals surface area contributed by atoms with Gasteiger partial charge in [0.25, 0.3) is 5.91 Å². The molecule has 1 aromatic rings. The third kappa shape index (κ3) is 3.92. The smallest absolute Gasteiger partial charge is 0.352 e. The fraction of sp³-hybridized carbons (Fsp3) is 0.438. The average molecular weight is 473 g/mol. The highest BCUT2D eigenvalue weighted by atomic mass is 79.9. The van der Waals surface area contributed by atoms with Crippen molar-refractivity contribution >= 4 is 51.4 Å². The highest BCUT2D eigenvalue weighted by Gasteiger charge is 2.54. The van der Waals surface area contributed by atoms with E-state index in [4.69, 9.17) is 4.74 Å². The number of carbonyl (C=O) groups excluding carboxylic acids is 3. The minimum atomic E-state index is -1.28. The first-order valence-electron chi connectivity index (χ1n) is 8.21. The number of hydrogen-bond acceptors (Lipinski definition) is 7. The van der Waals surface area contributed by atoms with Crippen molar-refractivity contribution in [3.63, 3.8) is 0 Å². The fourth-order valence-electron chi connectivity index (χ4n) is 2.92. The zero-order valence-electron chi connectivity index (χ0n) is 15.0. The molecule has 1 fully saturated rings. The van der Waals surface area contributed by atoms with Crippen LogP contribution in [0.25, 0.3) is 0 Å². The summed E-state index contributed by atoms with van der Waals surface area (Å²) in [5.41, 5.74) is 0.893. The molecule has 0 radical (unpaired) electrons. The number of aliphatic carboxylic acids is 1. The lowest BCUT2D eigenvalue weighted by molar-refractivity contribution is -0.151. The van der Waals surface area contributed by atoms with Crippen molar-refractivity contribution in [3.05, 3.63) is 27.6 Å². The van der Waals surface area contributed by atoms with E-state index in [9.17, 15) is 24.3 Å². The van der Waals surface area contributed by atoms with Gasteiger partial charge in [-0.2, -0.15) is 5.10 Å². The predicted octanol–water partition coefficient (Wildman–Crippen LogP) is 0.256. The van der Waals surface area contributed by atoms with Gasteiger partial charge in [-0.05, 0) is 22.9 Å². The first-order chi connectivity index (χ1) is 13.2. The number of ether oxygens (including phenoxy) is 1. The third-order valence-corrected chi connectivity index (χ3v) is 6.33. The Morgan fingerprint density at radius 2 is 2.18 bits per heavy atom. The first kappa shape index (κ1) is 20.4. The maximum absolute atomic E-state index is 12.5. The number of fused-ring (bicyclic) bond motifs is 1. The molecule has 0 aliphatic carbocycles. The number of carboxylic acids is 1. The van der Waals surface area contributed by atoms with Crippen LogP contribution in [0.4, 0.5) is 0 Å². The van der Waals surface area contributed by atoms with Crippen molar-refractivity contribution in [2.45, 2.75) is 31.8 Å². The highest BCUT2D eigenvalue weighted by Crippen LogP contribution is 2.40. The minimum Gasteiger partial charge on any atom is -0.477 e.